The predicted molar refractivity (Wildman–Crippen MR) is 83.5 cm³/mol. The number of rotatable bonds is 3. The standard InChI is InChI=1S/C15H20ClN3O2/c1-11-6-8-19(9-7-11)10-14(20)18-15(21)17-13-5-3-2-4-12(13)16/h2-5,11H,6-10H2,1H3,(H2,17,18,20,21). The smallest absolute Gasteiger partial charge is 0.306 e. The van der Waals surface area contributed by atoms with E-state index in [1.165, 1.54) is 0 Å². The van der Waals surface area contributed by atoms with Crippen molar-refractivity contribution in [1.82, 2.24) is 10.2 Å². The summed E-state index contributed by atoms with van der Waals surface area (Å²) in [4.78, 5) is 25.6. The summed E-state index contributed by atoms with van der Waals surface area (Å²) in [5, 5.41) is 5.32. The Morgan fingerprint density at radius 2 is 1.95 bits per heavy atom. The number of anilines is 1. The van der Waals surface area contributed by atoms with Crippen LogP contribution in [-0.4, -0.2) is 36.5 Å². The number of amides is 3. The first-order valence-electron chi connectivity index (χ1n) is 7.12. The summed E-state index contributed by atoms with van der Waals surface area (Å²) in [5.74, 6) is 0.418. The molecule has 1 aromatic carbocycles. The number of urea groups is 1. The third-order valence-corrected chi connectivity index (χ3v) is 3.95. The van der Waals surface area contributed by atoms with Gasteiger partial charge in [0, 0.05) is 0 Å². The molecule has 21 heavy (non-hydrogen) atoms. The molecule has 1 saturated heterocycles. The fourth-order valence-corrected chi connectivity index (χ4v) is 2.49. The molecule has 3 amide bonds. The Balaban J connectivity index is 1.77. The van der Waals surface area contributed by atoms with Crippen molar-refractivity contribution in [2.45, 2.75) is 19.8 Å². The lowest BCUT2D eigenvalue weighted by Gasteiger charge is -2.29. The third kappa shape index (κ3) is 5.02. The van der Waals surface area contributed by atoms with Gasteiger partial charge in [-0.2, -0.15) is 0 Å². The summed E-state index contributed by atoms with van der Waals surface area (Å²) in [6.07, 6.45) is 2.19. The number of para-hydroxylation sites is 1. The molecule has 1 aliphatic rings. The Labute approximate surface area is 129 Å². The lowest BCUT2D eigenvalue weighted by atomic mass is 9.99. The summed E-state index contributed by atoms with van der Waals surface area (Å²) in [6.45, 7) is 4.28. The molecular weight excluding hydrogens is 290 g/mol. The molecular formula is C15H20ClN3O2. The Morgan fingerprint density at radius 1 is 1.29 bits per heavy atom. The van der Waals surface area contributed by atoms with E-state index in [4.69, 9.17) is 11.6 Å². The van der Waals surface area contributed by atoms with Crippen LogP contribution in [0.15, 0.2) is 24.3 Å². The van der Waals surface area contributed by atoms with Gasteiger partial charge >= 0.3 is 6.03 Å². The summed E-state index contributed by atoms with van der Waals surface area (Å²) >= 11 is 5.94. The highest BCUT2D eigenvalue weighted by Crippen LogP contribution is 2.20. The molecule has 5 nitrogen and oxygen atoms in total. The predicted octanol–water partition coefficient (Wildman–Crippen LogP) is 2.72. The Hall–Kier alpha value is -1.59. The highest BCUT2D eigenvalue weighted by molar-refractivity contribution is 6.33. The number of piperidine rings is 1. The number of halogens is 1. The van der Waals surface area contributed by atoms with E-state index >= 15 is 0 Å². The fourth-order valence-electron chi connectivity index (χ4n) is 2.31. The van der Waals surface area contributed by atoms with E-state index in [0.717, 1.165) is 25.9 Å². The van der Waals surface area contributed by atoms with Gasteiger partial charge in [0.1, 0.15) is 0 Å². The van der Waals surface area contributed by atoms with Crippen molar-refractivity contribution in [3.8, 4) is 0 Å². The molecule has 114 valence electrons. The minimum Gasteiger partial charge on any atom is -0.306 e. The van der Waals surface area contributed by atoms with Gasteiger partial charge in [-0.25, -0.2) is 4.79 Å². The van der Waals surface area contributed by atoms with Crippen LogP contribution in [0.3, 0.4) is 0 Å². The molecule has 6 heteroatoms. The number of hydrogen-bond donors (Lipinski definition) is 2. The molecule has 1 fully saturated rings. The van der Waals surface area contributed by atoms with E-state index in [1.807, 2.05) is 0 Å². The summed E-state index contributed by atoms with van der Waals surface area (Å²) in [5.41, 5.74) is 0.483. The molecule has 1 aromatic rings. The second-order valence-corrected chi connectivity index (χ2v) is 5.85. The van der Waals surface area contributed by atoms with Gasteiger partial charge in [0.05, 0.1) is 17.3 Å². The zero-order valence-corrected chi connectivity index (χ0v) is 12.8. The highest BCUT2D eigenvalue weighted by atomic mass is 35.5. The number of carbonyl (C=O) groups excluding carboxylic acids is 2. The summed E-state index contributed by atoms with van der Waals surface area (Å²) in [6, 6.07) is 6.33. The monoisotopic (exact) mass is 309 g/mol. The van der Waals surface area contributed by atoms with E-state index in [9.17, 15) is 9.59 Å². The number of benzene rings is 1. The van der Waals surface area contributed by atoms with Crippen LogP contribution in [0, 0.1) is 5.92 Å². The molecule has 1 aliphatic heterocycles. The fraction of sp³-hybridized carbons (Fsp3) is 0.467. The van der Waals surface area contributed by atoms with Crippen LogP contribution in [0.5, 0.6) is 0 Å². The Bertz CT molecular complexity index is 513. The highest BCUT2D eigenvalue weighted by Gasteiger charge is 2.19. The van der Waals surface area contributed by atoms with E-state index in [-0.39, 0.29) is 12.5 Å². The quantitative estimate of drug-likeness (QED) is 0.902. The average molecular weight is 310 g/mol. The van der Waals surface area contributed by atoms with E-state index in [1.54, 1.807) is 24.3 Å². The molecule has 0 bridgehead atoms. The van der Waals surface area contributed by atoms with Gasteiger partial charge in [-0.3, -0.25) is 15.0 Å². The lowest BCUT2D eigenvalue weighted by molar-refractivity contribution is -0.121. The molecule has 0 radical (unpaired) electrons. The topological polar surface area (TPSA) is 61.4 Å². The van der Waals surface area contributed by atoms with Gasteiger partial charge in [-0.1, -0.05) is 30.7 Å². The maximum absolute atomic E-state index is 11.8. The van der Waals surface area contributed by atoms with Crippen LogP contribution in [0.4, 0.5) is 10.5 Å². The largest absolute Gasteiger partial charge is 0.325 e. The zero-order chi connectivity index (χ0) is 15.2. The van der Waals surface area contributed by atoms with Crippen molar-refractivity contribution in [3.05, 3.63) is 29.3 Å². The van der Waals surface area contributed by atoms with Crippen molar-refractivity contribution < 1.29 is 9.59 Å². The maximum Gasteiger partial charge on any atom is 0.325 e. The van der Waals surface area contributed by atoms with Crippen molar-refractivity contribution in [3.63, 3.8) is 0 Å². The Morgan fingerprint density at radius 3 is 2.62 bits per heavy atom. The van der Waals surface area contributed by atoms with Crippen molar-refractivity contribution in [1.29, 1.82) is 0 Å². The van der Waals surface area contributed by atoms with Crippen molar-refractivity contribution in [2.24, 2.45) is 5.92 Å². The summed E-state index contributed by atoms with van der Waals surface area (Å²) < 4.78 is 0. The zero-order valence-electron chi connectivity index (χ0n) is 12.1. The average Bonchev–Trinajstić information content (AvgIpc) is 2.44. The molecule has 0 aliphatic carbocycles. The van der Waals surface area contributed by atoms with Gasteiger partial charge in [0.15, 0.2) is 0 Å². The van der Waals surface area contributed by atoms with Gasteiger partial charge in [-0.05, 0) is 44.0 Å². The molecule has 0 aromatic heterocycles. The number of imide groups is 1. The van der Waals surface area contributed by atoms with Gasteiger partial charge in [-0.15, -0.1) is 0 Å². The van der Waals surface area contributed by atoms with Gasteiger partial charge in [0.25, 0.3) is 0 Å². The van der Waals surface area contributed by atoms with Crippen LogP contribution in [0.2, 0.25) is 5.02 Å². The SMILES string of the molecule is CC1CCN(CC(=O)NC(=O)Nc2ccccc2Cl)CC1. The number of likely N-dealkylation sites (tertiary alicyclic amines) is 1. The van der Waals surface area contributed by atoms with Crippen LogP contribution in [0.25, 0.3) is 0 Å². The number of carbonyl (C=O) groups is 2. The third-order valence-electron chi connectivity index (χ3n) is 3.62. The first kappa shape index (κ1) is 15.8. The molecule has 2 N–H and O–H groups in total. The molecule has 2 rings (SSSR count). The van der Waals surface area contributed by atoms with Crippen LogP contribution in [0.1, 0.15) is 19.8 Å². The van der Waals surface area contributed by atoms with E-state index in [2.05, 4.69) is 22.5 Å². The molecule has 0 unspecified atom stereocenters. The number of hydrogen-bond acceptors (Lipinski definition) is 3. The molecule has 0 spiro atoms. The van der Waals surface area contributed by atoms with Gasteiger partial charge in [0.2, 0.25) is 5.91 Å². The molecule has 0 atom stereocenters. The van der Waals surface area contributed by atoms with Crippen molar-refractivity contribution in [2.75, 3.05) is 25.0 Å². The van der Waals surface area contributed by atoms with Crippen LogP contribution < -0.4 is 10.6 Å². The minimum atomic E-state index is -0.557. The first-order valence-corrected chi connectivity index (χ1v) is 7.50. The normalized spacial score (nSPS) is 16.5. The number of nitrogens with zero attached hydrogens (tertiary/aromatic N) is 1. The van der Waals surface area contributed by atoms with Crippen LogP contribution in [-0.2, 0) is 4.79 Å². The molecule has 0 saturated carbocycles. The van der Waals surface area contributed by atoms with Gasteiger partial charge < -0.3 is 5.32 Å². The second-order valence-electron chi connectivity index (χ2n) is 5.44. The van der Waals surface area contributed by atoms with E-state index < -0.39 is 6.03 Å². The number of nitrogens with one attached hydrogen (secondary N) is 2. The van der Waals surface area contributed by atoms with Crippen LogP contribution >= 0.6 is 11.6 Å². The molecule has 1 heterocycles. The lowest BCUT2D eigenvalue weighted by Crippen LogP contribution is -2.44. The second kappa shape index (κ2) is 7.43. The first-order chi connectivity index (χ1) is 10.0. The van der Waals surface area contributed by atoms with Crippen molar-refractivity contribution >= 4 is 29.2 Å². The maximum atomic E-state index is 11.8. The summed E-state index contributed by atoms with van der Waals surface area (Å²) in [7, 11) is 0. The minimum absolute atomic E-state index is 0.253. The van der Waals surface area contributed by atoms with E-state index in [0.29, 0.717) is 16.6 Å². The Kier molecular flexibility index (Phi) is 5.59.